The molecule has 32 heavy (non-hydrogen) atoms. The summed E-state index contributed by atoms with van der Waals surface area (Å²) in [6, 6.07) is 16.2. The van der Waals surface area contributed by atoms with E-state index in [-0.39, 0.29) is 37.4 Å². The quantitative estimate of drug-likeness (QED) is 0.753. The van der Waals surface area contributed by atoms with Gasteiger partial charge in [-0.1, -0.05) is 55.0 Å². The number of alkyl carbamates (subject to hydrolysis) is 1. The average Bonchev–Trinajstić information content (AvgIpc) is 3.46. The molecule has 3 aliphatic rings. The summed E-state index contributed by atoms with van der Waals surface area (Å²) in [6.45, 7) is 0.650. The third kappa shape index (κ3) is 3.32. The highest BCUT2D eigenvalue weighted by Gasteiger charge is 2.55. The average molecular weight is 434 g/mol. The number of aliphatic carboxylic acids is 1. The minimum atomic E-state index is -0.820. The van der Waals surface area contributed by atoms with Crippen molar-refractivity contribution in [2.24, 2.45) is 11.3 Å². The zero-order valence-electron chi connectivity index (χ0n) is 17.8. The Bertz CT molecular complexity index is 1040. The molecule has 2 aromatic carbocycles. The summed E-state index contributed by atoms with van der Waals surface area (Å²) in [7, 11) is 0. The fourth-order valence-electron chi connectivity index (χ4n) is 5.74. The van der Waals surface area contributed by atoms with Crippen molar-refractivity contribution < 1.29 is 24.2 Å². The Kier molecular flexibility index (Phi) is 5.12. The first-order valence-electron chi connectivity index (χ1n) is 11.1. The topological polar surface area (TPSA) is 95.9 Å². The van der Waals surface area contributed by atoms with E-state index in [0.717, 1.165) is 35.1 Å². The summed E-state index contributed by atoms with van der Waals surface area (Å²) in [4.78, 5) is 38.3. The van der Waals surface area contributed by atoms with Crippen LogP contribution in [0, 0.1) is 11.3 Å². The summed E-state index contributed by atoms with van der Waals surface area (Å²) >= 11 is 0. The number of carbonyl (C=O) groups excluding carboxylic acids is 2. The summed E-state index contributed by atoms with van der Waals surface area (Å²) in [5, 5.41) is 12.2. The number of amides is 2. The molecule has 1 heterocycles. The van der Waals surface area contributed by atoms with E-state index in [9.17, 15) is 19.5 Å². The largest absolute Gasteiger partial charge is 0.481 e. The number of carbonyl (C=O) groups is 3. The van der Waals surface area contributed by atoms with Crippen molar-refractivity contribution in [3.05, 3.63) is 59.7 Å². The number of benzene rings is 2. The van der Waals surface area contributed by atoms with Gasteiger partial charge in [-0.2, -0.15) is 0 Å². The first-order valence-corrected chi connectivity index (χ1v) is 11.1. The molecule has 166 valence electrons. The molecule has 0 spiro atoms. The highest BCUT2D eigenvalue weighted by Crippen LogP contribution is 2.49. The van der Waals surface area contributed by atoms with Crippen LogP contribution in [0.4, 0.5) is 4.79 Å². The van der Waals surface area contributed by atoms with Gasteiger partial charge in [-0.3, -0.25) is 9.59 Å². The number of likely N-dealkylation sites (tertiary alicyclic amines) is 1. The number of nitrogens with zero attached hydrogens (tertiary/aromatic N) is 1. The Balaban J connectivity index is 1.16. The van der Waals surface area contributed by atoms with Gasteiger partial charge in [-0.05, 0) is 41.0 Å². The lowest BCUT2D eigenvalue weighted by molar-refractivity contribution is -0.149. The maximum Gasteiger partial charge on any atom is 0.407 e. The van der Waals surface area contributed by atoms with Crippen LogP contribution in [0.15, 0.2) is 48.5 Å². The normalized spacial score (nSPS) is 23.4. The molecule has 2 atom stereocenters. The second kappa shape index (κ2) is 7.97. The smallest absolute Gasteiger partial charge is 0.407 e. The van der Waals surface area contributed by atoms with Crippen molar-refractivity contribution in [3.8, 4) is 11.1 Å². The van der Waals surface area contributed by atoms with Crippen molar-refractivity contribution >= 4 is 18.0 Å². The molecule has 1 saturated carbocycles. The Morgan fingerprint density at radius 2 is 1.72 bits per heavy atom. The van der Waals surface area contributed by atoms with Gasteiger partial charge in [0.2, 0.25) is 5.91 Å². The van der Waals surface area contributed by atoms with E-state index in [0.29, 0.717) is 13.0 Å². The van der Waals surface area contributed by atoms with Crippen LogP contribution in [-0.4, -0.2) is 54.2 Å². The number of nitrogens with one attached hydrogen (secondary N) is 1. The molecule has 7 heteroatoms. The van der Waals surface area contributed by atoms with E-state index in [1.165, 1.54) is 0 Å². The van der Waals surface area contributed by atoms with Crippen molar-refractivity contribution in [2.45, 2.75) is 25.2 Å². The third-order valence-corrected chi connectivity index (χ3v) is 7.38. The van der Waals surface area contributed by atoms with Crippen LogP contribution in [0.3, 0.4) is 0 Å². The molecule has 2 fully saturated rings. The number of fused-ring (bicyclic) bond motifs is 4. The Hall–Kier alpha value is -3.35. The third-order valence-electron chi connectivity index (χ3n) is 7.38. The second-order valence-electron chi connectivity index (χ2n) is 9.00. The molecular weight excluding hydrogens is 408 g/mol. The molecule has 1 aliphatic heterocycles. The molecule has 0 unspecified atom stereocenters. The lowest BCUT2D eigenvalue weighted by Gasteiger charge is -2.23. The van der Waals surface area contributed by atoms with Crippen LogP contribution in [0.2, 0.25) is 0 Å². The van der Waals surface area contributed by atoms with Crippen LogP contribution >= 0.6 is 0 Å². The molecule has 0 radical (unpaired) electrons. The highest BCUT2D eigenvalue weighted by molar-refractivity contribution is 5.85. The summed E-state index contributed by atoms with van der Waals surface area (Å²) < 4.78 is 5.47. The minimum absolute atomic E-state index is 0.00148. The van der Waals surface area contributed by atoms with Crippen LogP contribution in [-0.2, 0) is 14.3 Å². The van der Waals surface area contributed by atoms with Crippen molar-refractivity contribution in [2.75, 3.05) is 26.2 Å². The number of carboxylic acids is 1. The Morgan fingerprint density at radius 1 is 1.06 bits per heavy atom. The van der Waals surface area contributed by atoms with Crippen molar-refractivity contribution in [1.82, 2.24) is 10.2 Å². The van der Waals surface area contributed by atoms with Gasteiger partial charge in [0.25, 0.3) is 0 Å². The van der Waals surface area contributed by atoms with E-state index in [4.69, 9.17) is 4.74 Å². The summed E-state index contributed by atoms with van der Waals surface area (Å²) in [6.07, 6.45) is 1.68. The number of ether oxygens (including phenoxy) is 1. The van der Waals surface area contributed by atoms with Crippen molar-refractivity contribution in [1.29, 1.82) is 0 Å². The molecule has 0 aromatic heterocycles. The minimum Gasteiger partial charge on any atom is -0.481 e. The monoisotopic (exact) mass is 434 g/mol. The zero-order chi connectivity index (χ0) is 22.3. The first-order chi connectivity index (χ1) is 15.5. The number of hydrogen-bond donors (Lipinski definition) is 2. The van der Waals surface area contributed by atoms with E-state index < -0.39 is 17.5 Å². The zero-order valence-corrected chi connectivity index (χ0v) is 17.8. The van der Waals surface area contributed by atoms with Gasteiger partial charge in [0, 0.05) is 19.0 Å². The molecule has 2 aromatic rings. The lowest BCUT2D eigenvalue weighted by Crippen LogP contribution is -2.41. The van der Waals surface area contributed by atoms with E-state index in [1.54, 1.807) is 4.90 Å². The predicted octanol–water partition coefficient (Wildman–Crippen LogP) is 3.24. The fraction of sp³-hybridized carbons (Fsp3) is 0.400. The molecule has 2 N–H and O–H groups in total. The number of hydrogen-bond acceptors (Lipinski definition) is 4. The maximum atomic E-state index is 12.6. The Morgan fingerprint density at radius 3 is 2.34 bits per heavy atom. The van der Waals surface area contributed by atoms with Gasteiger partial charge < -0.3 is 20.1 Å². The highest BCUT2D eigenvalue weighted by atomic mass is 16.5. The Labute approximate surface area is 186 Å². The molecular formula is C25H26N2O5. The van der Waals surface area contributed by atoms with Gasteiger partial charge in [0.1, 0.15) is 13.2 Å². The SMILES string of the molecule is O=C(NCC(=O)N1C[C@@H]2CCC[C@]2(C(=O)O)C1)OCC1c2ccccc2-c2ccccc21. The van der Waals surface area contributed by atoms with Crippen LogP contribution < -0.4 is 5.32 Å². The van der Waals surface area contributed by atoms with Gasteiger partial charge in [0.05, 0.1) is 5.41 Å². The molecule has 1 saturated heterocycles. The molecule has 2 amide bonds. The lowest BCUT2D eigenvalue weighted by atomic mass is 9.81. The van der Waals surface area contributed by atoms with E-state index in [1.807, 2.05) is 36.4 Å². The first kappa shape index (κ1) is 20.5. The van der Waals surface area contributed by atoms with Gasteiger partial charge in [-0.25, -0.2) is 4.79 Å². The van der Waals surface area contributed by atoms with E-state index >= 15 is 0 Å². The fourth-order valence-corrected chi connectivity index (χ4v) is 5.74. The van der Waals surface area contributed by atoms with Crippen LogP contribution in [0.25, 0.3) is 11.1 Å². The molecule has 2 aliphatic carbocycles. The number of rotatable bonds is 5. The number of carboxylic acid groups (broad SMARTS) is 1. The standard InChI is InChI=1S/C25H26N2O5/c28-22(27-13-16-6-5-11-25(16,15-27)23(29)30)12-26-24(31)32-14-21-19-9-3-1-7-17(19)18-8-2-4-10-20(18)21/h1-4,7-10,16,21H,5-6,11-15H2,(H,26,31)(H,29,30)/t16-,25-/m0/s1. The van der Waals surface area contributed by atoms with Crippen LogP contribution in [0.1, 0.15) is 36.3 Å². The van der Waals surface area contributed by atoms with Gasteiger partial charge in [0.15, 0.2) is 0 Å². The van der Waals surface area contributed by atoms with Gasteiger partial charge in [-0.15, -0.1) is 0 Å². The summed E-state index contributed by atoms with van der Waals surface area (Å²) in [5.74, 6) is -1.14. The van der Waals surface area contributed by atoms with Crippen LogP contribution in [0.5, 0.6) is 0 Å². The molecule has 0 bridgehead atoms. The van der Waals surface area contributed by atoms with Crippen molar-refractivity contribution in [3.63, 3.8) is 0 Å². The predicted molar refractivity (Wildman–Crippen MR) is 117 cm³/mol. The van der Waals surface area contributed by atoms with E-state index in [2.05, 4.69) is 17.4 Å². The molecule has 7 nitrogen and oxygen atoms in total. The van der Waals surface area contributed by atoms with Gasteiger partial charge >= 0.3 is 12.1 Å². The second-order valence-corrected chi connectivity index (χ2v) is 9.00. The summed E-state index contributed by atoms with van der Waals surface area (Å²) in [5.41, 5.74) is 3.73. The molecule has 5 rings (SSSR count). The maximum absolute atomic E-state index is 12.6.